The van der Waals surface area contributed by atoms with Crippen LogP contribution in [-0.4, -0.2) is 38.4 Å². The van der Waals surface area contributed by atoms with Crippen LogP contribution in [0.25, 0.3) is 0 Å². The van der Waals surface area contributed by atoms with Gasteiger partial charge in [-0.2, -0.15) is 0 Å². The number of para-hydroxylation sites is 1. The maximum atomic E-state index is 10.9. The summed E-state index contributed by atoms with van der Waals surface area (Å²) in [6, 6.07) is 6.63. The number of nitrogens with zero attached hydrogens (tertiary/aromatic N) is 1. The van der Waals surface area contributed by atoms with Crippen LogP contribution in [0.3, 0.4) is 0 Å². The minimum absolute atomic E-state index is 0.125. The third-order valence-corrected chi connectivity index (χ3v) is 3.66. The van der Waals surface area contributed by atoms with Gasteiger partial charge in [0.05, 0.1) is 10.7 Å². The zero-order valence-electron chi connectivity index (χ0n) is 10.8. The van der Waals surface area contributed by atoms with Crippen molar-refractivity contribution in [2.24, 2.45) is 0 Å². The minimum atomic E-state index is -2.91. The standard InChI is InChI=1S/C12H18N2O4S/c1-19(17,18)10-4-8-13-9-7-11-5-2-3-6-12(11)14(15)16/h2-3,5-6,13H,4,7-10H2,1H3. The summed E-state index contributed by atoms with van der Waals surface area (Å²) in [5.41, 5.74) is 0.809. The van der Waals surface area contributed by atoms with Crippen LogP contribution >= 0.6 is 0 Å². The summed E-state index contributed by atoms with van der Waals surface area (Å²) >= 11 is 0. The molecule has 0 aliphatic carbocycles. The molecule has 0 aromatic heterocycles. The normalized spacial score (nSPS) is 11.4. The smallest absolute Gasteiger partial charge is 0.272 e. The second-order valence-electron chi connectivity index (χ2n) is 4.37. The van der Waals surface area contributed by atoms with Crippen molar-refractivity contribution < 1.29 is 13.3 Å². The average Bonchev–Trinajstić information content (AvgIpc) is 2.32. The molecule has 0 radical (unpaired) electrons. The predicted molar refractivity (Wildman–Crippen MR) is 74.0 cm³/mol. The van der Waals surface area contributed by atoms with E-state index in [0.29, 0.717) is 31.5 Å². The van der Waals surface area contributed by atoms with Crippen LogP contribution in [0, 0.1) is 10.1 Å². The summed E-state index contributed by atoms with van der Waals surface area (Å²) in [4.78, 5) is 10.4. The van der Waals surface area contributed by atoms with Crippen molar-refractivity contribution in [3.8, 4) is 0 Å². The molecule has 1 N–H and O–H groups in total. The third kappa shape index (κ3) is 6.30. The first-order valence-corrected chi connectivity index (χ1v) is 8.07. The van der Waals surface area contributed by atoms with Crippen LogP contribution in [0.15, 0.2) is 24.3 Å². The van der Waals surface area contributed by atoms with Gasteiger partial charge in [0, 0.05) is 17.9 Å². The molecule has 7 heteroatoms. The van der Waals surface area contributed by atoms with Crippen molar-refractivity contribution in [1.82, 2.24) is 5.32 Å². The summed E-state index contributed by atoms with van der Waals surface area (Å²) in [5.74, 6) is 0.158. The number of rotatable bonds is 8. The topological polar surface area (TPSA) is 89.3 Å². The van der Waals surface area contributed by atoms with E-state index in [1.54, 1.807) is 18.2 Å². The van der Waals surface area contributed by atoms with Crippen LogP contribution in [0.2, 0.25) is 0 Å². The van der Waals surface area contributed by atoms with Gasteiger partial charge in [0.25, 0.3) is 5.69 Å². The molecule has 0 saturated heterocycles. The number of nitro benzene ring substituents is 1. The van der Waals surface area contributed by atoms with Gasteiger partial charge in [0.15, 0.2) is 0 Å². The van der Waals surface area contributed by atoms with E-state index in [1.807, 2.05) is 0 Å². The van der Waals surface area contributed by atoms with E-state index in [9.17, 15) is 18.5 Å². The molecule has 0 aliphatic heterocycles. The largest absolute Gasteiger partial charge is 0.316 e. The minimum Gasteiger partial charge on any atom is -0.316 e. The molecule has 19 heavy (non-hydrogen) atoms. The number of hydrogen-bond donors (Lipinski definition) is 1. The summed E-state index contributed by atoms with van der Waals surface area (Å²) in [6.07, 6.45) is 2.31. The van der Waals surface area contributed by atoms with Crippen molar-refractivity contribution in [2.75, 3.05) is 25.1 Å². The molecule has 0 aliphatic rings. The number of nitrogens with one attached hydrogen (secondary N) is 1. The molecule has 0 amide bonds. The molecule has 6 nitrogen and oxygen atoms in total. The van der Waals surface area contributed by atoms with Crippen molar-refractivity contribution in [1.29, 1.82) is 0 Å². The van der Waals surface area contributed by atoms with Crippen LogP contribution < -0.4 is 5.32 Å². The lowest BCUT2D eigenvalue weighted by Crippen LogP contribution is -2.21. The fourth-order valence-electron chi connectivity index (χ4n) is 1.71. The molecular formula is C12H18N2O4S. The first-order valence-electron chi connectivity index (χ1n) is 6.01. The number of nitro groups is 1. The van der Waals surface area contributed by atoms with Crippen molar-refractivity contribution in [3.63, 3.8) is 0 Å². The monoisotopic (exact) mass is 286 g/mol. The van der Waals surface area contributed by atoms with E-state index in [4.69, 9.17) is 0 Å². The lowest BCUT2D eigenvalue weighted by molar-refractivity contribution is -0.385. The molecule has 0 spiro atoms. The summed E-state index contributed by atoms with van der Waals surface area (Å²) in [7, 11) is -2.91. The fraction of sp³-hybridized carbons (Fsp3) is 0.500. The van der Waals surface area contributed by atoms with E-state index in [-0.39, 0.29) is 16.4 Å². The van der Waals surface area contributed by atoms with Crippen LogP contribution in [0.1, 0.15) is 12.0 Å². The van der Waals surface area contributed by atoms with Gasteiger partial charge in [-0.3, -0.25) is 10.1 Å². The number of sulfone groups is 1. The highest BCUT2D eigenvalue weighted by atomic mass is 32.2. The van der Waals surface area contributed by atoms with Gasteiger partial charge in [-0.1, -0.05) is 18.2 Å². The Labute approximate surface area is 112 Å². The highest BCUT2D eigenvalue weighted by Crippen LogP contribution is 2.17. The molecule has 106 valence electrons. The predicted octanol–water partition coefficient (Wildman–Crippen LogP) is 1.16. The highest BCUT2D eigenvalue weighted by Gasteiger charge is 2.11. The Balaban J connectivity index is 2.32. The fourth-order valence-corrected chi connectivity index (χ4v) is 2.38. The van der Waals surface area contributed by atoms with Crippen molar-refractivity contribution in [2.45, 2.75) is 12.8 Å². The highest BCUT2D eigenvalue weighted by molar-refractivity contribution is 7.90. The SMILES string of the molecule is CS(=O)(=O)CCCNCCc1ccccc1[N+](=O)[O-]. The van der Waals surface area contributed by atoms with Crippen LogP contribution in [0.5, 0.6) is 0 Å². The molecule has 0 fully saturated rings. The van der Waals surface area contributed by atoms with E-state index >= 15 is 0 Å². The van der Waals surface area contributed by atoms with Gasteiger partial charge in [-0.25, -0.2) is 8.42 Å². The molecule has 0 bridgehead atoms. The number of hydrogen-bond acceptors (Lipinski definition) is 5. The zero-order valence-corrected chi connectivity index (χ0v) is 11.6. The van der Waals surface area contributed by atoms with Gasteiger partial charge < -0.3 is 5.32 Å². The summed E-state index contributed by atoms with van der Waals surface area (Å²) in [6.45, 7) is 1.18. The Hall–Kier alpha value is -1.47. The lowest BCUT2D eigenvalue weighted by atomic mass is 10.1. The Morgan fingerprint density at radius 1 is 1.26 bits per heavy atom. The first-order chi connectivity index (χ1) is 8.90. The summed E-state index contributed by atoms with van der Waals surface area (Å²) in [5, 5.41) is 13.9. The number of benzene rings is 1. The average molecular weight is 286 g/mol. The second-order valence-corrected chi connectivity index (χ2v) is 6.63. The maximum absolute atomic E-state index is 10.9. The van der Waals surface area contributed by atoms with Crippen molar-refractivity contribution >= 4 is 15.5 Å². The molecule has 1 aromatic carbocycles. The van der Waals surface area contributed by atoms with Gasteiger partial charge in [-0.05, 0) is 25.9 Å². The summed E-state index contributed by atoms with van der Waals surface area (Å²) < 4.78 is 21.8. The van der Waals surface area contributed by atoms with Crippen LogP contribution in [0.4, 0.5) is 5.69 Å². The van der Waals surface area contributed by atoms with Crippen molar-refractivity contribution in [3.05, 3.63) is 39.9 Å². The molecule has 1 rings (SSSR count). The second kappa shape index (κ2) is 7.20. The Morgan fingerprint density at radius 2 is 1.95 bits per heavy atom. The van der Waals surface area contributed by atoms with Gasteiger partial charge in [0.1, 0.15) is 9.84 Å². The molecule has 0 heterocycles. The Bertz CT molecular complexity index is 528. The van der Waals surface area contributed by atoms with Gasteiger partial charge in [0.2, 0.25) is 0 Å². The van der Waals surface area contributed by atoms with Gasteiger partial charge >= 0.3 is 0 Å². The first kappa shape index (κ1) is 15.6. The Kier molecular flexibility index (Phi) is 5.91. The van der Waals surface area contributed by atoms with E-state index in [0.717, 1.165) is 0 Å². The molecular weight excluding hydrogens is 268 g/mol. The van der Waals surface area contributed by atoms with Gasteiger partial charge in [-0.15, -0.1) is 0 Å². The third-order valence-electron chi connectivity index (χ3n) is 2.63. The van der Waals surface area contributed by atoms with Crippen LogP contribution in [-0.2, 0) is 16.3 Å². The lowest BCUT2D eigenvalue weighted by Gasteiger charge is -2.05. The Morgan fingerprint density at radius 3 is 2.58 bits per heavy atom. The molecule has 0 unspecified atom stereocenters. The quantitative estimate of drug-likeness (QED) is 0.440. The van der Waals surface area contributed by atoms with E-state index in [1.165, 1.54) is 12.3 Å². The zero-order chi connectivity index (χ0) is 14.3. The molecule has 0 atom stereocenters. The van der Waals surface area contributed by atoms with E-state index in [2.05, 4.69) is 5.32 Å². The molecule has 1 aromatic rings. The van der Waals surface area contributed by atoms with E-state index < -0.39 is 9.84 Å². The molecule has 0 saturated carbocycles. The maximum Gasteiger partial charge on any atom is 0.272 e.